The van der Waals surface area contributed by atoms with Gasteiger partial charge < -0.3 is 10.4 Å². The second kappa shape index (κ2) is 5.43. The molecule has 1 heterocycles. The quantitative estimate of drug-likeness (QED) is 0.892. The van der Waals surface area contributed by atoms with Gasteiger partial charge >= 0.3 is 5.97 Å². The largest absolute Gasteiger partial charge is 0.476 e. The fraction of sp³-hybridized carbons (Fsp3) is 0.0769. The van der Waals surface area contributed by atoms with Crippen LogP contribution in [0, 0.1) is 12.7 Å². The van der Waals surface area contributed by atoms with Gasteiger partial charge in [0.15, 0.2) is 11.4 Å². The Morgan fingerprint density at radius 1 is 1.20 bits per heavy atom. The lowest BCUT2D eigenvalue weighted by Crippen LogP contribution is -2.19. The molecule has 2 rings (SSSR count). The van der Waals surface area contributed by atoms with Crippen molar-refractivity contribution in [3.05, 3.63) is 53.4 Å². The Morgan fingerprint density at radius 3 is 2.45 bits per heavy atom. The number of carboxylic acid groups (broad SMARTS) is 1. The number of aryl methyl sites for hydroxylation is 1. The van der Waals surface area contributed by atoms with Crippen molar-refractivity contribution >= 4 is 17.6 Å². The van der Waals surface area contributed by atoms with Gasteiger partial charge in [0.1, 0.15) is 5.82 Å². The van der Waals surface area contributed by atoms with Gasteiger partial charge in [0.2, 0.25) is 0 Å². The predicted octanol–water partition coefficient (Wildman–Crippen LogP) is 1.87. The molecule has 0 bridgehead atoms. The second-order valence-electron chi connectivity index (χ2n) is 3.98. The van der Waals surface area contributed by atoms with Crippen molar-refractivity contribution in [1.82, 2.24) is 9.97 Å². The average molecular weight is 275 g/mol. The van der Waals surface area contributed by atoms with E-state index in [-0.39, 0.29) is 11.4 Å². The number of halogens is 1. The molecular weight excluding hydrogens is 265 g/mol. The van der Waals surface area contributed by atoms with Crippen LogP contribution >= 0.6 is 0 Å². The lowest BCUT2D eigenvalue weighted by molar-refractivity contribution is 0.0685. The molecule has 20 heavy (non-hydrogen) atoms. The van der Waals surface area contributed by atoms with Crippen LogP contribution in [0.4, 0.5) is 10.1 Å². The summed E-state index contributed by atoms with van der Waals surface area (Å²) in [6.07, 6.45) is 2.38. The molecule has 102 valence electrons. The zero-order valence-corrected chi connectivity index (χ0v) is 10.4. The molecule has 0 radical (unpaired) electrons. The normalized spacial score (nSPS) is 10.1. The lowest BCUT2D eigenvalue weighted by Gasteiger charge is -2.07. The molecule has 2 aromatic rings. The molecule has 0 saturated heterocycles. The minimum absolute atomic E-state index is 0.208. The Hall–Kier alpha value is -2.83. The van der Waals surface area contributed by atoms with Gasteiger partial charge in [0.25, 0.3) is 5.91 Å². The van der Waals surface area contributed by atoms with Crippen LogP contribution in [0.15, 0.2) is 30.6 Å². The van der Waals surface area contributed by atoms with Gasteiger partial charge in [-0.25, -0.2) is 19.2 Å². The van der Waals surface area contributed by atoms with E-state index in [4.69, 9.17) is 5.11 Å². The van der Waals surface area contributed by atoms with E-state index in [2.05, 4.69) is 15.3 Å². The van der Waals surface area contributed by atoms with E-state index in [1.807, 2.05) is 0 Å². The van der Waals surface area contributed by atoms with E-state index < -0.39 is 23.4 Å². The number of aromatic nitrogens is 2. The summed E-state index contributed by atoms with van der Waals surface area (Å²) < 4.78 is 13.4. The number of rotatable bonds is 3. The van der Waals surface area contributed by atoms with Crippen molar-refractivity contribution in [2.24, 2.45) is 0 Å². The van der Waals surface area contributed by atoms with E-state index >= 15 is 0 Å². The number of aromatic carboxylic acids is 1. The molecule has 1 aromatic carbocycles. The van der Waals surface area contributed by atoms with Gasteiger partial charge in [0, 0.05) is 18.1 Å². The number of anilines is 1. The van der Waals surface area contributed by atoms with Gasteiger partial charge in [0.05, 0.1) is 0 Å². The summed E-state index contributed by atoms with van der Waals surface area (Å²) in [6.45, 7) is 1.59. The third kappa shape index (κ3) is 2.77. The minimum Gasteiger partial charge on any atom is -0.476 e. The fourth-order valence-electron chi connectivity index (χ4n) is 1.52. The first kappa shape index (κ1) is 13.6. The number of carbonyl (C=O) groups excluding carboxylic acids is 1. The average Bonchev–Trinajstić information content (AvgIpc) is 2.43. The van der Waals surface area contributed by atoms with Crippen LogP contribution < -0.4 is 5.32 Å². The first-order chi connectivity index (χ1) is 9.49. The Kier molecular flexibility index (Phi) is 3.69. The number of benzene rings is 1. The molecule has 0 aliphatic rings. The third-order valence-corrected chi connectivity index (χ3v) is 2.55. The Bertz CT molecular complexity index is 688. The Labute approximate surface area is 113 Å². The summed E-state index contributed by atoms with van der Waals surface area (Å²) >= 11 is 0. The number of hydrogen-bond acceptors (Lipinski definition) is 4. The van der Waals surface area contributed by atoms with Crippen LogP contribution in [-0.2, 0) is 0 Å². The summed E-state index contributed by atoms with van der Waals surface area (Å²) in [6, 6.07) is 4.15. The number of carboxylic acids is 1. The van der Waals surface area contributed by atoms with Gasteiger partial charge in [-0.05, 0) is 24.6 Å². The molecule has 0 aliphatic heterocycles. The lowest BCUT2D eigenvalue weighted by atomic mass is 10.2. The summed E-state index contributed by atoms with van der Waals surface area (Å²) in [7, 11) is 0. The molecule has 0 saturated carbocycles. The first-order valence-electron chi connectivity index (χ1n) is 5.61. The standard InChI is InChI=1S/C13H10FN3O3/c1-7-2-3-8(6-9(7)14)17-12(18)10-11(13(19)20)16-5-4-15-10/h2-6H,1H3,(H,17,18)(H,19,20). The van der Waals surface area contributed by atoms with Gasteiger partial charge in [-0.3, -0.25) is 4.79 Å². The van der Waals surface area contributed by atoms with E-state index in [0.29, 0.717) is 5.56 Å². The third-order valence-electron chi connectivity index (χ3n) is 2.55. The summed E-state index contributed by atoms with van der Waals surface area (Å²) in [5.41, 5.74) is -0.146. The van der Waals surface area contributed by atoms with E-state index in [0.717, 1.165) is 6.07 Å². The molecule has 1 aromatic heterocycles. The molecule has 2 N–H and O–H groups in total. The van der Waals surface area contributed by atoms with Gasteiger partial charge in [-0.2, -0.15) is 0 Å². The SMILES string of the molecule is Cc1ccc(NC(=O)c2nccnc2C(=O)O)cc1F. The van der Waals surface area contributed by atoms with Crippen molar-refractivity contribution in [3.8, 4) is 0 Å². The van der Waals surface area contributed by atoms with Crippen LogP contribution in [0.5, 0.6) is 0 Å². The Morgan fingerprint density at radius 2 is 1.85 bits per heavy atom. The molecule has 0 atom stereocenters. The monoisotopic (exact) mass is 275 g/mol. The highest BCUT2D eigenvalue weighted by atomic mass is 19.1. The maximum Gasteiger partial charge on any atom is 0.356 e. The van der Waals surface area contributed by atoms with Crippen molar-refractivity contribution in [3.63, 3.8) is 0 Å². The first-order valence-corrected chi connectivity index (χ1v) is 5.61. The molecule has 0 spiro atoms. The molecule has 6 nitrogen and oxygen atoms in total. The van der Waals surface area contributed by atoms with Crippen molar-refractivity contribution < 1.29 is 19.1 Å². The molecule has 0 unspecified atom stereocenters. The number of hydrogen-bond donors (Lipinski definition) is 2. The minimum atomic E-state index is -1.36. The zero-order chi connectivity index (χ0) is 14.7. The highest BCUT2D eigenvalue weighted by Crippen LogP contribution is 2.15. The van der Waals surface area contributed by atoms with Crippen LogP contribution in [0.3, 0.4) is 0 Å². The highest BCUT2D eigenvalue weighted by molar-refractivity contribution is 6.08. The summed E-state index contributed by atoms with van der Waals surface area (Å²) in [5, 5.41) is 11.3. The Balaban J connectivity index is 2.28. The number of carbonyl (C=O) groups is 2. The van der Waals surface area contributed by atoms with Crippen LogP contribution in [-0.4, -0.2) is 27.0 Å². The molecule has 0 fully saturated rings. The fourth-order valence-corrected chi connectivity index (χ4v) is 1.52. The van der Waals surface area contributed by atoms with Crippen molar-refractivity contribution in [2.75, 3.05) is 5.32 Å². The van der Waals surface area contributed by atoms with Crippen molar-refractivity contribution in [2.45, 2.75) is 6.92 Å². The zero-order valence-electron chi connectivity index (χ0n) is 10.4. The molecule has 0 aliphatic carbocycles. The second-order valence-corrected chi connectivity index (χ2v) is 3.98. The topological polar surface area (TPSA) is 92.2 Å². The van der Waals surface area contributed by atoms with Crippen LogP contribution in [0.25, 0.3) is 0 Å². The molecular formula is C13H10FN3O3. The number of nitrogens with one attached hydrogen (secondary N) is 1. The van der Waals surface area contributed by atoms with Gasteiger partial charge in [-0.15, -0.1) is 0 Å². The maximum atomic E-state index is 13.4. The summed E-state index contributed by atoms with van der Waals surface area (Å²) in [5.74, 6) is -2.60. The van der Waals surface area contributed by atoms with Crippen LogP contribution in [0.1, 0.15) is 26.5 Å². The maximum absolute atomic E-state index is 13.4. The van der Waals surface area contributed by atoms with E-state index in [1.165, 1.54) is 24.5 Å². The number of nitrogens with zero attached hydrogens (tertiary/aromatic N) is 2. The van der Waals surface area contributed by atoms with E-state index in [9.17, 15) is 14.0 Å². The molecule has 7 heteroatoms. The number of amides is 1. The molecule has 1 amide bonds. The van der Waals surface area contributed by atoms with Gasteiger partial charge in [-0.1, -0.05) is 6.07 Å². The van der Waals surface area contributed by atoms with Crippen molar-refractivity contribution in [1.29, 1.82) is 0 Å². The van der Waals surface area contributed by atoms with Crippen LogP contribution in [0.2, 0.25) is 0 Å². The van der Waals surface area contributed by atoms with E-state index in [1.54, 1.807) is 6.92 Å². The summed E-state index contributed by atoms with van der Waals surface area (Å²) in [4.78, 5) is 30.1. The highest BCUT2D eigenvalue weighted by Gasteiger charge is 2.19. The predicted molar refractivity (Wildman–Crippen MR) is 68.1 cm³/mol. The smallest absolute Gasteiger partial charge is 0.356 e.